The highest BCUT2D eigenvalue weighted by Gasteiger charge is 1.99. The van der Waals surface area contributed by atoms with E-state index in [2.05, 4.69) is 16.0 Å². The molecule has 0 fully saturated rings. The fourth-order valence-electron chi connectivity index (χ4n) is 0.651. The molecule has 4 heteroatoms. The van der Waals surface area contributed by atoms with Crippen molar-refractivity contribution in [3.05, 3.63) is 0 Å². The molecule has 0 unspecified atom stereocenters. The predicted molar refractivity (Wildman–Crippen MR) is 48.1 cm³/mol. The van der Waals surface area contributed by atoms with Crippen LogP contribution in [-0.2, 0) is 14.3 Å². The summed E-state index contributed by atoms with van der Waals surface area (Å²) in [5.74, 6) is 5.66. The smallest absolute Gasteiger partial charge is 0.264 e. The summed E-state index contributed by atoms with van der Waals surface area (Å²) in [6.45, 7) is 2.05. The molecule has 0 aliphatic rings. The molecule has 0 amide bonds. The second-order valence-electron chi connectivity index (χ2n) is 2.41. The summed E-state index contributed by atoms with van der Waals surface area (Å²) >= 11 is 0. The molecule has 70 valence electrons. The molecule has 0 atom stereocenters. The highest BCUT2D eigenvalue weighted by atomic mass is 32.2. The lowest BCUT2D eigenvalue weighted by Crippen LogP contribution is -2.03. The van der Waals surface area contributed by atoms with Crippen LogP contribution >= 0.6 is 0 Å². The third-order valence-electron chi connectivity index (χ3n) is 1.17. The first-order valence-corrected chi connectivity index (χ1v) is 5.62. The molecule has 0 aliphatic heterocycles. The van der Waals surface area contributed by atoms with Gasteiger partial charge in [0.15, 0.2) is 0 Å². The Balaban J connectivity index is 3.27. The van der Waals surface area contributed by atoms with Gasteiger partial charge in [-0.05, 0) is 19.8 Å². The maximum atomic E-state index is 10.5. The lowest BCUT2D eigenvalue weighted by atomic mass is 10.2. The van der Waals surface area contributed by atoms with Gasteiger partial charge in [-0.15, -0.1) is 11.8 Å². The number of hydrogen-bond donors (Lipinski definition) is 0. The summed E-state index contributed by atoms with van der Waals surface area (Å²) in [7, 11) is -3.25. The van der Waals surface area contributed by atoms with E-state index < -0.39 is 10.1 Å². The average molecular weight is 190 g/mol. The van der Waals surface area contributed by atoms with Gasteiger partial charge in [-0.3, -0.25) is 4.18 Å². The van der Waals surface area contributed by atoms with E-state index in [4.69, 9.17) is 0 Å². The van der Waals surface area contributed by atoms with Crippen molar-refractivity contribution in [3.8, 4) is 11.8 Å². The molecule has 0 spiro atoms. The molecule has 0 aromatic carbocycles. The van der Waals surface area contributed by atoms with E-state index >= 15 is 0 Å². The van der Waals surface area contributed by atoms with E-state index in [1.54, 1.807) is 6.92 Å². The Morgan fingerprint density at radius 2 is 2.00 bits per heavy atom. The maximum Gasteiger partial charge on any atom is 0.264 e. The Morgan fingerprint density at radius 3 is 2.50 bits per heavy atom. The summed E-state index contributed by atoms with van der Waals surface area (Å²) in [6, 6.07) is 0. The van der Waals surface area contributed by atoms with Crippen molar-refractivity contribution in [1.29, 1.82) is 0 Å². The van der Waals surface area contributed by atoms with Crippen molar-refractivity contribution in [1.82, 2.24) is 0 Å². The monoisotopic (exact) mass is 190 g/mol. The van der Waals surface area contributed by atoms with Crippen LogP contribution in [0.1, 0.15) is 26.2 Å². The van der Waals surface area contributed by atoms with Crippen molar-refractivity contribution in [2.24, 2.45) is 0 Å². The molecule has 0 aliphatic carbocycles. The minimum absolute atomic E-state index is 0.268. The average Bonchev–Trinajstić information content (AvgIpc) is 1.94. The minimum Gasteiger partial charge on any atom is -0.270 e. The lowest BCUT2D eigenvalue weighted by molar-refractivity contribution is 0.313. The second kappa shape index (κ2) is 6.04. The van der Waals surface area contributed by atoms with E-state index in [-0.39, 0.29) is 6.61 Å². The Morgan fingerprint density at radius 1 is 1.33 bits per heavy atom. The predicted octanol–water partition coefficient (Wildman–Crippen LogP) is 1.16. The summed E-state index contributed by atoms with van der Waals surface area (Å²) in [4.78, 5) is 0. The lowest BCUT2D eigenvalue weighted by Gasteiger charge is -1.98. The standard InChI is InChI=1S/C8H14O3S/c1-3-4-5-6-7-8-11-12(2,9)10/h5-8H2,1-2H3. The van der Waals surface area contributed by atoms with Gasteiger partial charge in [0.1, 0.15) is 0 Å². The molecule has 12 heavy (non-hydrogen) atoms. The topological polar surface area (TPSA) is 43.4 Å². The van der Waals surface area contributed by atoms with Crippen LogP contribution in [0.3, 0.4) is 0 Å². The molecule has 0 rings (SSSR count). The molecule has 0 saturated carbocycles. The first-order valence-electron chi connectivity index (χ1n) is 3.80. The summed E-state index contributed by atoms with van der Waals surface area (Å²) < 4.78 is 25.5. The van der Waals surface area contributed by atoms with Crippen LogP contribution in [0, 0.1) is 11.8 Å². The second-order valence-corrected chi connectivity index (χ2v) is 4.05. The van der Waals surface area contributed by atoms with Crippen molar-refractivity contribution in [2.45, 2.75) is 26.2 Å². The van der Waals surface area contributed by atoms with Gasteiger partial charge >= 0.3 is 0 Å². The molecule has 0 aromatic heterocycles. The van der Waals surface area contributed by atoms with Gasteiger partial charge in [0.25, 0.3) is 10.1 Å². The number of hydrogen-bond acceptors (Lipinski definition) is 3. The normalized spacial score (nSPS) is 10.5. The van der Waals surface area contributed by atoms with Gasteiger partial charge in [0, 0.05) is 6.42 Å². The van der Waals surface area contributed by atoms with Crippen molar-refractivity contribution < 1.29 is 12.6 Å². The number of unbranched alkanes of at least 4 members (excludes halogenated alkanes) is 2. The summed E-state index contributed by atoms with van der Waals surface area (Å²) in [6.07, 6.45) is 3.49. The van der Waals surface area contributed by atoms with Crippen LogP contribution < -0.4 is 0 Å². The van der Waals surface area contributed by atoms with Crippen molar-refractivity contribution >= 4 is 10.1 Å². The van der Waals surface area contributed by atoms with E-state index in [1.165, 1.54) is 0 Å². The molecular weight excluding hydrogens is 176 g/mol. The van der Waals surface area contributed by atoms with Gasteiger partial charge in [-0.1, -0.05) is 0 Å². The van der Waals surface area contributed by atoms with Crippen LogP contribution in [0.2, 0.25) is 0 Å². The van der Waals surface area contributed by atoms with E-state index in [9.17, 15) is 8.42 Å². The highest BCUT2D eigenvalue weighted by molar-refractivity contribution is 7.85. The number of rotatable bonds is 5. The molecule has 0 heterocycles. The van der Waals surface area contributed by atoms with Crippen molar-refractivity contribution in [2.75, 3.05) is 12.9 Å². The zero-order chi connectivity index (χ0) is 9.45. The van der Waals surface area contributed by atoms with Crippen LogP contribution in [0.4, 0.5) is 0 Å². The van der Waals surface area contributed by atoms with Gasteiger partial charge in [0.2, 0.25) is 0 Å². The third kappa shape index (κ3) is 9.47. The van der Waals surface area contributed by atoms with E-state index in [0.29, 0.717) is 0 Å². The van der Waals surface area contributed by atoms with Gasteiger partial charge in [-0.2, -0.15) is 8.42 Å². The van der Waals surface area contributed by atoms with Gasteiger partial charge < -0.3 is 0 Å². The minimum atomic E-state index is -3.25. The zero-order valence-corrected chi connectivity index (χ0v) is 8.28. The SMILES string of the molecule is CC#CCCCCOS(C)(=O)=O. The van der Waals surface area contributed by atoms with Crippen molar-refractivity contribution in [3.63, 3.8) is 0 Å². The molecule has 0 N–H and O–H groups in total. The maximum absolute atomic E-state index is 10.5. The third-order valence-corrected chi connectivity index (χ3v) is 1.77. The molecule has 0 aromatic rings. The van der Waals surface area contributed by atoms with Gasteiger partial charge in [0.05, 0.1) is 12.9 Å². The fourth-order valence-corrected chi connectivity index (χ4v) is 1.07. The van der Waals surface area contributed by atoms with E-state index in [1.807, 2.05) is 0 Å². The quantitative estimate of drug-likeness (QED) is 0.371. The Bertz CT molecular complexity index is 256. The van der Waals surface area contributed by atoms with Crippen LogP contribution in [-0.4, -0.2) is 21.3 Å². The van der Waals surface area contributed by atoms with Gasteiger partial charge in [-0.25, -0.2) is 0 Å². The Kier molecular flexibility index (Phi) is 5.77. The molecule has 0 bridgehead atoms. The molecular formula is C8H14O3S. The van der Waals surface area contributed by atoms with E-state index in [0.717, 1.165) is 25.5 Å². The first-order chi connectivity index (χ1) is 5.56. The van der Waals surface area contributed by atoms with Crippen LogP contribution in [0.15, 0.2) is 0 Å². The first kappa shape index (κ1) is 11.5. The Labute approximate surface area is 74.2 Å². The molecule has 3 nitrogen and oxygen atoms in total. The Hall–Kier alpha value is -0.530. The summed E-state index contributed by atoms with van der Waals surface area (Å²) in [5.41, 5.74) is 0. The summed E-state index contributed by atoms with van der Waals surface area (Å²) in [5, 5.41) is 0. The highest BCUT2D eigenvalue weighted by Crippen LogP contribution is 1.96. The largest absolute Gasteiger partial charge is 0.270 e. The fraction of sp³-hybridized carbons (Fsp3) is 0.750. The molecule has 0 saturated heterocycles. The molecule has 0 radical (unpaired) electrons. The van der Waals surface area contributed by atoms with Crippen LogP contribution in [0.25, 0.3) is 0 Å². The van der Waals surface area contributed by atoms with Crippen LogP contribution in [0.5, 0.6) is 0 Å². The zero-order valence-electron chi connectivity index (χ0n) is 7.46.